The van der Waals surface area contributed by atoms with Crippen molar-refractivity contribution < 1.29 is 9.59 Å². The number of fused-ring (bicyclic) bond motifs is 1. The van der Waals surface area contributed by atoms with Crippen molar-refractivity contribution >= 4 is 23.3 Å². The molecule has 1 atom stereocenters. The van der Waals surface area contributed by atoms with Gasteiger partial charge < -0.3 is 10.6 Å². The highest BCUT2D eigenvalue weighted by Crippen LogP contribution is 2.32. The van der Waals surface area contributed by atoms with Crippen LogP contribution in [0.3, 0.4) is 0 Å². The van der Waals surface area contributed by atoms with Crippen molar-refractivity contribution in [2.75, 3.05) is 10.6 Å². The second kappa shape index (κ2) is 5.13. The average molecular weight is 267 g/mol. The van der Waals surface area contributed by atoms with Crippen LogP contribution in [-0.2, 0) is 9.59 Å². The van der Waals surface area contributed by atoms with Gasteiger partial charge in [0.15, 0.2) is 0 Å². The summed E-state index contributed by atoms with van der Waals surface area (Å²) >= 11 is 0. The molecule has 0 bridgehead atoms. The van der Waals surface area contributed by atoms with Gasteiger partial charge >= 0.3 is 0 Å². The highest BCUT2D eigenvalue weighted by Gasteiger charge is 2.30. The molecule has 2 N–H and O–H groups in total. The lowest BCUT2D eigenvalue weighted by Crippen LogP contribution is -2.30. The third-order valence-corrected chi connectivity index (χ3v) is 3.23. The summed E-state index contributed by atoms with van der Waals surface area (Å²) in [5, 5.41) is 5.52. The van der Waals surface area contributed by atoms with E-state index in [1.807, 2.05) is 18.2 Å². The Morgan fingerprint density at radius 1 is 1.20 bits per heavy atom. The number of hydrogen-bond donors (Lipinski definition) is 2. The number of para-hydroxylation sites is 1. The molecule has 5 nitrogen and oxygen atoms in total. The summed E-state index contributed by atoms with van der Waals surface area (Å²) in [6.07, 6.45) is 1.76. The molecule has 0 aliphatic carbocycles. The zero-order chi connectivity index (χ0) is 13.9. The molecule has 0 fully saturated rings. The lowest BCUT2D eigenvalue weighted by Gasteiger charge is -2.24. The maximum Gasteiger partial charge on any atom is 0.233 e. The number of carbonyl (C=O) groups is 2. The summed E-state index contributed by atoms with van der Waals surface area (Å²) in [6.45, 7) is 0. The lowest BCUT2D eigenvalue weighted by molar-refractivity contribution is -0.123. The Kier molecular flexibility index (Phi) is 3.16. The number of carbonyl (C=O) groups excluding carboxylic acids is 2. The second-order valence-electron chi connectivity index (χ2n) is 4.60. The summed E-state index contributed by atoms with van der Waals surface area (Å²) in [5.41, 5.74) is 1.53. The molecule has 2 amide bonds. The molecule has 1 aromatic heterocycles. The van der Waals surface area contributed by atoms with Gasteiger partial charge in [0.1, 0.15) is 5.82 Å². The number of nitrogens with zero attached hydrogens (tertiary/aromatic N) is 1. The second-order valence-corrected chi connectivity index (χ2v) is 4.60. The highest BCUT2D eigenvalue weighted by molar-refractivity contribution is 6.04. The van der Waals surface area contributed by atoms with Crippen molar-refractivity contribution in [2.24, 2.45) is 0 Å². The fourth-order valence-electron chi connectivity index (χ4n) is 2.30. The van der Waals surface area contributed by atoms with Gasteiger partial charge in [-0.2, -0.15) is 0 Å². The fraction of sp³-hybridized carbons (Fsp3) is 0.133. The minimum absolute atomic E-state index is 0.148. The van der Waals surface area contributed by atoms with E-state index in [4.69, 9.17) is 0 Å². The number of rotatable bonds is 2. The highest BCUT2D eigenvalue weighted by atomic mass is 16.2. The van der Waals surface area contributed by atoms with Gasteiger partial charge in [0.05, 0.1) is 5.92 Å². The number of hydrogen-bond acceptors (Lipinski definition) is 3. The van der Waals surface area contributed by atoms with Crippen LogP contribution in [0.15, 0.2) is 48.7 Å². The van der Waals surface area contributed by atoms with E-state index in [-0.39, 0.29) is 18.2 Å². The summed E-state index contributed by atoms with van der Waals surface area (Å²) in [6, 6.07) is 12.6. The Hall–Kier alpha value is -2.69. The van der Waals surface area contributed by atoms with Gasteiger partial charge in [-0.25, -0.2) is 4.98 Å². The maximum atomic E-state index is 12.3. The number of benzene rings is 1. The SMILES string of the molecule is O=C1C[C@H](C(=O)Nc2ccccn2)c2ccccc2N1. The van der Waals surface area contributed by atoms with Crippen LogP contribution in [0.2, 0.25) is 0 Å². The van der Waals surface area contributed by atoms with Crippen LogP contribution in [0.1, 0.15) is 17.9 Å². The zero-order valence-electron chi connectivity index (χ0n) is 10.7. The van der Waals surface area contributed by atoms with Crippen LogP contribution in [0, 0.1) is 0 Å². The third-order valence-electron chi connectivity index (χ3n) is 3.23. The Labute approximate surface area is 116 Å². The van der Waals surface area contributed by atoms with Gasteiger partial charge in [0.2, 0.25) is 11.8 Å². The maximum absolute atomic E-state index is 12.3. The first kappa shape index (κ1) is 12.3. The molecular weight excluding hydrogens is 254 g/mol. The lowest BCUT2D eigenvalue weighted by atomic mass is 9.90. The molecule has 20 heavy (non-hydrogen) atoms. The van der Waals surface area contributed by atoms with Crippen LogP contribution in [0.5, 0.6) is 0 Å². The third kappa shape index (κ3) is 2.38. The molecule has 1 aromatic carbocycles. The van der Waals surface area contributed by atoms with Crippen LogP contribution in [-0.4, -0.2) is 16.8 Å². The molecule has 0 saturated carbocycles. The molecule has 1 aliphatic rings. The summed E-state index contributed by atoms with van der Waals surface area (Å²) in [4.78, 5) is 28.1. The van der Waals surface area contributed by atoms with E-state index in [0.717, 1.165) is 5.56 Å². The van der Waals surface area contributed by atoms with Crippen molar-refractivity contribution in [1.29, 1.82) is 0 Å². The van der Waals surface area contributed by atoms with E-state index in [1.165, 1.54) is 0 Å². The number of amides is 2. The van der Waals surface area contributed by atoms with Crippen molar-refractivity contribution in [3.8, 4) is 0 Å². The zero-order valence-corrected chi connectivity index (χ0v) is 10.7. The van der Waals surface area contributed by atoms with E-state index in [2.05, 4.69) is 15.6 Å². The molecular formula is C15H13N3O2. The molecule has 5 heteroatoms. The van der Waals surface area contributed by atoms with Gasteiger partial charge in [-0.3, -0.25) is 9.59 Å². The molecule has 2 heterocycles. The topological polar surface area (TPSA) is 71.1 Å². The first-order valence-corrected chi connectivity index (χ1v) is 6.35. The average Bonchev–Trinajstić information content (AvgIpc) is 2.47. The van der Waals surface area contributed by atoms with Crippen molar-refractivity contribution in [1.82, 2.24) is 4.98 Å². The smallest absolute Gasteiger partial charge is 0.233 e. The first-order chi connectivity index (χ1) is 9.74. The predicted octanol–water partition coefficient (Wildman–Crippen LogP) is 2.15. The van der Waals surface area contributed by atoms with E-state index in [1.54, 1.807) is 30.5 Å². The molecule has 0 radical (unpaired) electrons. The molecule has 100 valence electrons. The Bertz CT molecular complexity index is 655. The number of nitrogens with one attached hydrogen (secondary N) is 2. The molecule has 3 rings (SSSR count). The minimum atomic E-state index is -0.484. The van der Waals surface area contributed by atoms with Crippen LogP contribution >= 0.6 is 0 Å². The van der Waals surface area contributed by atoms with E-state index >= 15 is 0 Å². The molecule has 1 aliphatic heterocycles. The Balaban J connectivity index is 1.87. The summed E-state index contributed by atoms with van der Waals surface area (Å²) < 4.78 is 0. The van der Waals surface area contributed by atoms with E-state index in [9.17, 15) is 9.59 Å². The quantitative estimate of drug-likeness (QED) is 0.875. The first-order valence-electron chi connectivity index (χ1n) is 6.35. The number of pyridine rings is 1. The Morgan fingerprint density at radius 2 is 2.00 bits per heavy atom. The van der Waals surface area contributed by atoms with Crippen molar-refractivity contribution in [3.05, 3.63) is 54.2 Å². The van der Waals surface area contributed by atoms with Crippen LogP contribution < -0.4 is 10.6 Å². The standard InChI is InChI=1S/C15H13N3O2/c19-14-9-11(10-5-1-2-6-12(10)17-14)15(20)18-13-7-3-4-8-16-13/h1-8,11H,9H2,(H,17,19)(H,16,18,20)/t11-/m0/s1. The molecule has 0 unspecified atom stereocenters. The minimum Gasteiger partial charge on any atom is -0.326 e. The normalized spacial score (nSPS) is 17.0. The predicted molar refractivity (Wildman–Crippen MR) is 75.3 cm³/mol. The van der Waals surface area contributed by atoms with E-state index in [0.29, 0.717) is 11.5 Å². The van der Waals surface area contributed by atoms with Gasteiger partial charge in [0, 0.05) is 18.3 Å². The van der Waals surface area contributed by atoms with Crippen LogP contribution in [0.4, 0.5) is 11.5 Å². The molecule has 2 aromatic rings. The fourth-order valence-corrected chi connectivity index (χ4v) is 2.30. The molecule has 0 saturated heterocycles. The monoisotopic (exact) mass is 267 g/mol. The van der Waals surface area contributed by atoms with Crippen molar-refractivity contribution in [2.45, 2.75) is 12.3 Å². The number of aromatic nitrogens is 1. The van der Waals surface area contributed by atoms with Gasteiger partial charge in [-0.05, 0) is 23.8 Å². The number of anilines is 2. The van der Waals surface area contributed by atoms with E-state index < -0.39 is 5.92 Å². The Morgan fingerprint density at radius 3 is 2.80 bits per heavy atom. The molecule has 0 spiro atoms. The summed E-state index contributed by atoms with van der Waals surface area (Å²) in [5.74, 6) is -0.362. The van der Waals surface area contributed by atoms with Gasteiger partial charge in [-0.15, -0.1) is 0 Å². The van der Waals surface area contributed by atoms with Gasteiger partial charge in [0.25, 0.3) is 0 Å². The van der Waals surface area contributed by atoms with Gasteiger partial charge in [-0.1, -0.05) is 24.3 Å². The van der Waals surface area contributed by atoms with Crippen molar-refractivity contribution in [3.63, 3.8) is 0 Å². The van der Waals surface area contributed by atoms with Crippen LogP contribution in [0.25, 0.3) is 0 Å². The largest absolute Gasteiger partial charge is 0.326 e. The summed E-state index contributed by atoms with van der Waals surface area (Å²) in [7, 11) is 0.